The molecule has 3 rings (SSSR count). The molecule has 4 nitrogen and oxygen atoms in total. The van der Waals surface area contributed by atoms with Gasteiger partial charge in [-0.05, 0) is 50.7 Å². The van der Waals surface area contributed by atoms with Crippen LogP contribution in [0.2, 0.25) is 0 Å². The van der Waals surface area contributed by atoms with E-state index in [1.54, 1.807) is 0 Å². The van der Waals surface area contributed by atoms with Gasteiger partial charge in [0.2, 0.25) is 0 Å². The standard InChI is InChI=1S/C17H27N3O/c1-13-14(11-18-15-7-8-15)6-9-17(19-13)20(2)12-16-5-3-4-10-21-16/h6,9,15-16,18H,3-5,7-8,10-12H2,1-2H3. The van der Waals surface area contributed by atoms with Crippen LogP contribution in [-0.4, -0.2) is 37.3 Å². The minimum absolute atomic E-state index is 0.363. The first-order valence-electron chi connectivity index (χ1n) is 8.25. The van der Waals surface area contributed by atoms with E-state index in [1.807, 2.05) is 0 Å². The first-order valence-corrected chi connectivity index (χ1v) is 8.25. The van der Waals surface area contributed by atoms with Crippen LogP contribution in [0.25, 0.3) is 0 Å². The van der Waals surface area contributed by atoms with Crippen molar-refractivity contribution in [2.45, 2.75) is 57.7 Å². The van der Waals surface area contributed by atoms with Crippen molar-refractivity contribution >= 4 is 5.82 Å². The molecular formula is C17H27N3O. The van der Waals surface area contributed by atoms with Crippen molar-refractivity contribution in [3.05, 3.63) is 23.4 Å². The second-order valence-electron chi connectivity index (χ2n) is 6.44. The maximum atomic E-state index is 5.82. The molecular weight excluding hydrogens is 262 g/mol. The molecule has 21 heavy (non-hydrogen) atoms. The van der Waals surface area contributed by atoms with Gasteiger partial charge >= 0.3 is 0 Å². The first kappa shape index (κ1) is 14.8. The quantitative estimate of drug-likeness (QED) is 0.873. The van der Waals surface area contributed by atoms with Crippen LogP contribution in [0.4, 0.5) is 5.82 Å². The SMILES string of the molecule is Cc1nc(N(C)CC2CCCCO2)ccc1CNC1CC1. The van der Waals surface area contributed by atoms with Crippen molar-refractivity contribution in [1.29, 1.82) is 0 Å². The van der Waals surface area contributed by atoms with Gasteiger partial charge in [-0.1, -0.05) is 6.07 Å². The summed E-state index contributed by atoms with van der Waals surface area (Å²) in [6.07, 6.45) is 6.69. The molecule has 1 unspecified atom stereocenters. The third-order valence-corrected chi connectivity index (χ3v) is 4.48. The van der Waals surface area contributed by atoms with Gasteiger partial charge in [-0.15, -0.1) is 0 Å². The molecule has 116 valence electrons. The Kier molecular flexibility index (Phi) is 4.76. The molecule has 1 aliphatic carbocycles. The molecule has 1 aliphatic heterocycles. The summed E-state index contributed by atoms with van der Waals surface area (Å²) in [6, 6.07) is 5.10. The maximum absolute atomic E-state index is 5.82. The smallest absolute Gasteiger partial charge is 0.128 e. The van der Waals surface area contributed by atoms with Crippen LogP contribution in [0.1, 0.15) is 43.4 Å². The zero-order valence-corrected chi connectivity index (χ0v) is 13.3. The fourth-order valence-electron chi connectivity index (χ4n) is 2.87. The van der Waals surface area contributed by atoms with Crippen LogP contribution in [0.3, 0.4) is 0 Å². The lowest BCUT2D eigenvalue weighted by Crippen LogP contribution is -2.33. The number of nitrogens with zero attached hydrogens (tertiary/aromatic N) is 2. The van der Waals surface area contributed by atoms with Crippen LogP contribution < -0.4 is 10.2 Å². The number of nitrogens with one attached hydrogen (secondary N) is 1. The zero-order valence-electron chi connectivity index (χ0n) is 13.3. The molecule has 0 bridgehead atoms. The average Bonchev–Trinajstić information content (AvgIpc) is 3.31. The third-order valence-electron chi connectivity index (χ3n) is 4.48. The molecule has 1 N–H and O–H groups in total. The molecule has 2 fully saturated rings. The minimum atomic E-state index is 0.363. The van der Waals surface area contributed by atoms with E-state index in [9.17, 15) is 0 Å². The van der Waals surface area contributed by atoms with Crippen molar-refractivity contribution in [2.75, 3.05) is 25.1 Å². The van der Waals surface area contributed by atoms with Crippen LogP contribution in [0.15, 0.2) is 12.1 Å². The Labute approximate surface area is 127 Å². The van der Waals surface area contributed by atoms with E-state index in [0.717, 1.165) is 37.3 Å². The van der Waals surface area contributed by atoms with E-state index < -0.39 is 0 Å². The molecule has 2 aliphatic rings. The van der Waals surface area contributed by atoms with Gasteiger partial charge in [-0.25, -0.2) is 4.98 Å². The molecule has 0 radical (unpaired) electrons. The second kappa shape index (κ2) is 6.75. The van der Waals surface area contributed by atoms with Gasteiger partial charge in [-0.2, -0.15) is 0 Å². The van der Waals surface area contributed by atoms with E-state index >= 15 is 0 Å². The van der Waals surface area contributed by atoms with Gasteiger partial charge < -0.3 is 15.0 Å². The summed E-state index contributed by atoms with van der Waals surface area (Å²) in [7, 11) is 2.11. The number of likely N-dealkylation sites (N-methyl/N-ethyl adjacent to an activating group) is 1. The first-order chi connectivity index (χ1) is 10.2. The van der Waals surface area contributed by atoms with Gasteiger partial charge in [0.15, 0.2) is 0 Å². The average molecular weight is 289 g/mol. The summed E-state index contributed by atoms with van der Waals surface area (Å²) < 4.78 is 5.82. The van der Waals surface area contributed by atoms with Gasteiger partial charge in [0.05, 0.1) is 6.10 Å². The summed E-state index contributed by atoms with van der Waals surface area (Å²) in [5.74, 6) is 1.05. The van der Waals surface area contributed by atoms with Gasteiger partial charge in [0, 0.05) is 38.5 Å². The molecule has 1 aromatic rings. The number of hydrogen-bond acceptors (Lipinski definition) is 4. The molecule has 1 saturated heterocycles. The van der Waals surface area contributed by atoms with Crippen molar-refractivity contribution in [3.63, 3.8) is 0 Å². The monoisotopic (exact) mass is 289 g/mol. The Hall–Kier alpha value is -1.13. The van der Waals surface area contributed by atoms with Crippen molar-refractivity contribution in [1.82, 2.24) is 10.3 Å². The highest BCUT2D eigenvalue weighted by Crippen LogP contribution is 2.21. The molecule has 0 spiro atoms. The highest BCUT2D eigenvalue weighted by molar-refractivity contribution is 5.41. The summed E-state index contributed by atoms with van der Waals surface area (Å²) in [5.41, 5.74) is 2.45. The summed E-state index contributed by atoms with van der Waals surface area (Å²) >= 11 is 0. The fourth-order valence-corrected chi connectivity index (χ4v) is 2.87. The number of aromatic nitrogens is 1. The topological polar surface area (TPSA) is 37.4 Å². The third kappa shape index (κ3) is 4.17. The molecule has 1 aromatic heterocycles. The predicted molar refractivity (Wildman–Crippen MR) is 85.7 cm³/mol. The Morgan fingerprint density at radius 3 is 2.81 bits per heavy atom. The molecule has 0 amide bonds. The van der Waals surface area contributed by atoms with Crippen molar-refractivity contribution in [2.24, 2.45) is 0 Å². The number of pyridine rings is 1. The number of anilines is 1. The summed E-state index contributed by atoms with van der Waals surface area (Å²) in [5, 5.41) is 3.55. The normalized spacial score (nSPS) is 22.3. The number of rotatable bonds is 6. The van der Waals surface area contributed by atoms with Crippen molar-refractivity contribution in [3.8, 4) is 0 Å². The van der Waals surface area contributed by atoms with Crippen molar-refractivity contribution < 1.29 is 4.74 Å². The maximum Gasteiger partial charge on any atom is 0.128 e. The van der Waals surface area contributed by atoms with E-state index in [0.29, 0.717) is 6.10 Å². The highest BCUT2D eigenvalue weighted by atomic mass is 16.5. The van der Waals surface area contributed by atoms with E-state index in [2.05, 4.69) is 36.3 Å². The number of ether oxygens (including phenoxy) is 1. The second-order valence-corrected chi connectivity index (χ2v) is 6.44. The van der Waals surface area contributed by atoms with Gasteiger partial charge in [0.25, 0.3) is 0 Å². The Morgan fingerprint density at radius 2 is 2.14 bits per heavy atom. The van der Waals surface area contributed by atoms with E-state index in [1.165, 1.54) is 37.7 Å². The molecule has 1 saturated carbocycles. The Bertz CT molecular complexity index is 467. The molecule has 2 heterocycles. The summed E-state index contributed by atoms with van der Waals surface area (Å²) in [6.45, 7) is 4.90. The van der Waals surface area contributed by atoms with E-state index in [4.69, 9.17) is 9.72 Å². The molecule has 4 heteroatoms. The lowest BCUT2D eigenvalue weighted by molar-refractivity contribution is 0.0215. The van der Waals surface area contributed by atoms with Crippen LogP contribution in [0.5, 0.6) is 0 Å². The highest BCUT2D eigenvalue weighted by Gasteiger charge is 2.21. The minimum Gasteiger partial charge on any atom is -0.376 e. The molecule has 1 atom stereocenters. The zero-order chi connectivity index (χ0) is 14.7. The van der Waals surface area contributed by atoms with Gasteiger partial charge in [-0.3, -0.25) is 0 Å². The largest absolute Gasteiger partial charge is 0.376 e. The number of aryl methyl sites for hydroxylation is 1. The predicted octanol–water partition coefficient (Wildman–Crippen LogP) is 2.65. The summed E-state index contributed by atoms with van der Waals surface area (Å²) in [4.78, 5) is 6.99. The van der Waals surface area contributed by atoms with Crippen LogP contribution in [-0.2, 0) is 11.3 Å². The number of hydrogen-bond donors (Lipinski definition) is 1. The van der Waals surface area contributed by atoms with Crippen LogP contribution in [0, 0.1) is 6.92 Å². The Balaban J connectivity index is 1.57. The van der Waals surface area contributed by atoms with E-state index in [-0.39, 0.29) is 0 Å². The lowest BCUT2D eigenvalue weighted by atomic mass is 10.1. The van der Waals surface area contributed by atoms with Gasteiger partial charge in [0.1, 0.15) is 5.82 Å². The lowest BCUT2D eigenvalue weighted by Gasteiger charge is -2.28. The fraction of sp³-hybridized carbons (Fsp3) is 0.706. The van der Waals surface area contributed by atoms with Crippen LogP contribution >= 0.6 is 0 Å². The Morgan fingerprint density at radius 1 is 1.29 bits per heavy atom. The molecule has 0 aromatic carbocycles.